The zero-order valence-electron chi connectivity index (χ0n) is 16.5. The van der Waals surface area contributed by atoms with Crippen LogP contribution in [0.1, 0.15) is 110 Å². The van der Waals surface area contributed by atoms with E-state index in [1.807, 2.05) is 0 Å². The Labute approximate surface area is 156 Å². The van der Waals surface area contributed by atoms with Crippen LogP contribution >= 0.6 is 0 Å². The number of hydrogen-bond acceptors (Lipinski definition) is 4. The van der Waals surface area contributed by atoms with E-state index in [2.05, 4.69) is 6.92 Å². The first kappa shape index (κ1) is 24.9. The van der Waals surface area contributed by atoms with Crippen LogP contribution in [0.4, 0.5) is 0 Å². The first-order valence-electron chi connectivity index (χ1n) is 10.6. The van der Waals surface area contributed by atoms with Crippen LogP contribution < -0.4 is 0 Å². The van der Waals surface area contributed by atoms with Crippen molar-refractivity contribution in [2.45, 2.75) is 110 Å². The summed E-state index contributed by atoms with van der Waals surface area (Å²) >= 11 is 0. The van der Waals surface area contributed by atoms with Crippen molar-refractivity contribution in [3.05, 3.63) is 0 Å². The second kappa shape index (κ2) is 18.7. The minimum atomic E-state index is -3.38. The molecule has 1 N–H and O–H groups in total. The monoisotopic (exact) mass is 378 g/mol. The van der Waals surface area contributed by atoms with Gasteiger partial charge in [-0.15, -0.1) is 0 Å². The largest absolute Gasteiger partial charge is 0.396 e. The van der Waals surface area contributed by atoms with E-state index < -0.39 is 10.1 Å². The van der Waals surface area contributed by atoms with Gasteiger partial charge in [0.15, 0.2) is 0 Å². The lowest BCUT2D eigenvalue weighted by atomic mass is 10.0. The number of unbranched alkanes of at least 4 members (excludes halogenated alkanes) is 14. The van der Waals surface area contributed by atoms with E-state index in [1.165, 1.54) is 77.0 Å². The van der Waals surface area contributed by atoms with Crippen molar-refractivity contribution in [1.82, 2.24) is 0 Å². The van der Waals surface area contributed by atoms with Gasteiger partial charge in [-0.1, -0.05) is 90.4 Å². The topological polar surface area (TPSA) is 63.6 Å². The maximum atomic E-state index is 11.5. The minimum absolute atomic E-state index is 0.0200. The fourth-order valence-corrected chi connectivity index (χ4v) is 3.98. The fourth-order valence-electron chi connectivity index (χ4n) is 2.93. The molecule has 0 heterocycles. The molecular weight excluding hydrogens is 336 g/mol. The zero-order valence-corrected chi connectivity index (χ0v) is 17.3. The lowest BCUT2D eigenvalue weighted by Crippen LogP contribution is -2.12. The van der Waals surface area contributed by atoms with Crippen molar-refractivity contribution < 1.29 is 17.7 Å². The summed E-state index contributed by atoms with van der Waals surface area (Å²) in [4.78, 5) is 0. The molecule has 0 aromatic carbocycles. The molecule has 0 saturated carbocycles. The summed E-state index contributed by atoms with van der Waals surface area (Å²) < 4.78 is 28.0. The molecule has 0 saturated heterocycles. The third-order valence-corrected chi connectivity index (χ3v) is 5.88. The third-order valence-electron chi connectivity index (χ3n) is 4.56. The Kier molecular flexibility index (Phi) is 18.6. The van der Waals surface area contributed by atoms with Crippen LogP contribution in [0.3, 0.4) is 0 Å². The number of aliphatic hydroxyl groups excluding tert-OH is 1. The van der Waals surface area contributed by atoms with Gasteiger partial charge in [-0.05, 0) is 19.3 Å². The molecule has 0 radical (unpaired) electrons. The van der Waals surface area contributed by atoms with Crippen LogP contribution in [-0.4, -0.2) is 32.5 Å². The molecule has 4 nitrogen and oxygen atoms in total. The lowest BCUT2D eigenvalue weighted by molar-refractivity contribution is 0.283. The van der Waals surface area contributed by atoms with Crippen LogP contribution in [0.25, 0.3) is 0 Å². The molecule has 0 rings (SSSR count). The molecule has 25 heavy (non-hydrogen) atoms. The maximum Gasteiger partial charge on any atom is 0.267 e. The van der Waals surface area contributed by atoms with Gasteiger partial charge in [-0.3, -0.25) is 4.18 Å². The highest BCUT2D eigenvalue weighted by atomic mass is 32.2. The summed E-state index contributed by atoms with van der Waals surface area (Å²) in [6.07, 6.45) is 19.0. The summed E-state index contributed by atoms with van der Waals surface area (Å²) in [7, 11) is -3.38. The Morgan fingerprint density at radius 2 is 1.08 bits per heavy atom. The molecule has 5 heteroatoms. The lowest BCUT2D eigenvalue weighted by Gasteiger charge is -2.05. The highest BCUT2D eigenvalue weighted by Gasteiger charge is 2.09. The second-order valence-corrected chi connectivity index (χ2v) is 8.87. The standard InChI is InChI=1S/C20H42O4S/c1-2-3-4-5-6-7-8-9-10-11-12-13-14-16-19-24-25(22,23)20-17-15-18-21/h21H,2-20H2,1H3. The number of hydrogen-bond donors (Lipinski definition) is 1. The average Bonchev–Trinajstić information content (AvgIpc) is 2.58. The summed E-state index contributed by atoms with van der Waals surface area (Å²) in [5.74, 6) is 0.0200. The molecule has 0 bridgehead atoms. The minimum Gasteiger partial charge on any atom is -0.396 e. The fraction of sp³-hybridized carbons (Fsp3) is 1.00. The van der Waals surface area contributed by atoms with E-state index in [1.54, 1.807) is 0 Å². The van der Waals surface area contributed by atoms with E-state index in [0.29, 0.717) is 19.4 Å². The van der Waals surface area contributed by atoms with Gasteiger partial charge in [-0.2, -0.15) is 8.42 Å². The van der Waals surface area contributed by atoms with Crippen LogP contribution in [0.2, 0.25) is 0 Å². The van der Waals surface area contributed by atoms with E-state index in [4.69, 9.17) is 9.29 Å². The Balaban J connectivity index is 3.21. The van der Waals surface area contributed by atoms with Crippen molar-refractivity contribution in [3.8, 4) is 0 Å². The highest BCUT2D eigenvalue weighted by Crippen LogP contribution is 2.13. The van der Waals surface area contributed by atoms with Gasteiger partial charge in [-0.25, -0.2) is 0 Å². The first-order chi connectivity index (χ1) is 12.1. The normalized spacial score (nSPS) is 11.9. The Morgan fingerprint density at radius 1 is 0.640 bits per heavy atom. The molecule has 0 amide bonds. The van der Waals surface area contributed by atoms with Gasteiger partial charge in [0.25, 0.3) is 10.1 Å². The smallest absolute Gasteiger partial charge is 0.267 e. The second-order valence-electron chi connectivity index (χ2n) is 7.11. The molecule has 0 aliphatic rings. The SMILES string of the molecule is CCCCCCCCCCCCCCCCOS(=O)(=O)CCCCO. The molecule has 0 aromatic rings. The van der Waals surface area contributed by atoms with E-state index in [-0.39, 0.29) is 12.4 Å². The Bertz CT molecular complexity index is 355. The summed E-state index contributed by atoms with van der Waals surface area (Å²) in [5.41, 5.74) is 0. The molecule has 0 fully saturated rings. The van der Waals surface area contributed by atoms with Gasteiger partial charge in [0.05, 0.1) is 12.4 Å². The zero-order chi connectivity index (χ0) is 18.6. The molecule has 0 atom stereocenters. The summed E-state index contributed by atoms with van der Waals surface area (Å²) in [6, 6.07) is 0. The van der Waals surface area contributed by atoms with Crippen LogP contribution in [0, 0.1) is 0 Å². The number of rotatable bonds is 20. The molecule has 0 aromatic heterocycles. The quantitative estimate of drug-likeness (QED) is 0.222. The van der Waals surface area contributed by atoms with E-state index >= 15 is 0 Å². The molecular formula is C20H42O4S. The highest BCUT2D eigenvalue weighted by molar-refractivity contribution is 7.86. The van der Waals surface area contributed by atoms with Crippen LogP contribution in [-0.2, 0) is 14.3 Å². The van der Waals surface area contributed by atoms with Gasteiger partial charge in [0, 0.05) is 6.61 Å². The Morgan fingerprint density at radius 3 is 1.52 bits per heavy atom. The van der Waals surface area contributed by atoms with Crippen molar-refractivity contribution in [2.24, 2.45) is 0 Å². The molecule has 0 spiro atoms. The van der Waals surface area contributed by atoms with Crippen LogP contribution in [0.5, 0.6) is 0 Å². The number of aliphatic hydroxyl groups is 1. The van der Waals surface area contributed by atoms with Gasteiger partial charge in [0.1, 0.15) is 0 Å². The average molecular weight is 379 g/mol. The molecule has 0 unspecified atom stereocenters. The first-order valence-corrected chi connectivity index (χ1v) is 12.2. The van der Waals surface area contributed by atoms with Crippen LogP contribution in [0.15, 0.2) is 0 Å². The van der Waals surface area contributed by atoms with E-state index in [0.717, 1.165) is 12.8 Å². The maximum absolute atomic E-state index is 11.5. The summed E-state index contributed by atoms with van der Waals surface area (Å²) in [5, 5.41) is 8.64. The van der Waals surface area contributed by atoms with Crippen molar-refractivity contribution >= 4 is 10.1 Å². The molecule has 152 valence electrons. The van der Waals surface area contributed by atoms with Crippen molar-refractivity contribution in [2.75, 3.05) is 19.0 Å². The van der Waals surface area contributed by atoms with Crippen molar-refractivity contribution in [3.63, 3.8) is 0 Å². The summed E-state index contributed by atoms with van der Waals surface area (Å²) in [6.45, 7) is 2.60. The van der Waals surface area contributed by atoms with Gasteiger partial charge in [0.2, 0.25) is 0 Å². The van der Waals surface area contributed by atoms with Crippen molar-refractivity contribution in [1.29, 1.82) is 0 Å². The third kappa shape index (κ3) is 20.0. The molecule has 0 aliphatic heterocycles. The van der Waals surface area contributed by atoms with Gasteiger partial charge >= 0.3 is 0 Å². The van der Waals surface area contributed by atoms with E-state index in [9.17, 15) is 8.42 Å². The Hall–Kier alpha value is -0.130. The predicted molar refractivity (Wildman–Crippen MR) is 106 cm³/mol. The predicted octanol–water partition coefficient (Wildman–Crippen LogP) is 5.59. The van der Waals surface area contributed by atoms with Gasteiger partial charge < -0.3 is 5.11 Å². The molecule has 0 aliphatic carbocycles.